The van der Waals surface area contributed by atoms with Crippen molar-refractivity contribution in [2.24, 2.45) is 50.2 Å². The molecule has 0 unspecified atom stereocenters. The molecule has 0 bridgehead atoms. The van der Waals surface area contributed by atoms with E-state index in [-0.39, 0.29) is 59.3 Å². The molecular formula is C41H66O12. The first-order chi connectivity index (χ1) is 24.8. The topological polar surface area (TPSA) is 185 Å². The molecular weight excluding hydrogens is 684 g/mol. The molecule has 5 aliphatic carbocycles. The van der Waals surface area contributed by atoms with Crippen LogP contribution >= 0.6 is 0 Å². The molecule has 6 N–H and O–H groups in total. The Kier molecular flexibility index (Phi) is 10.4. The molecule has 7 aliphatic rings. The van der Waals surface area contributed by atoms with Crippen LogP contribution in [0.3, 0.4) is 0 Å². The van der Waals surface area contributed by atoms with Crippen LogP contribution < -0.4 is 0 Å². The molecule has 6 fully saturated rings. The molecule has 302 valence electrons. The number of carbonyl (C=O) groups is 1. The minimum atomic E-state index is -1.55. The maximum atomic E-state index is 13.6. The first-order valence-corrected chi connectivity index (χ1v) is 20.2. The Morgan fingerprint density at radius 2 is 1.45 bits per heavy atom. The molecule has 0 aromatic rings. The van der Waals surface area contributed by atoms with Gasteiger partial charge in [0.25, 0.3) is 0 Å². The normalized spacial score (nSPS) is 53.6. The molecule has 12 nitrogen and oxygen atoms in total. The van der Waals surface area contributed by atoms with Crippen LogP contribution in [0, 0.1) is 50.2 Å². The highest BCUT2D eigenvalue weighted by atomic mass is 16.7. The molecule has 0 amide bonds. The number of aliphatic hydroxyl groups is 6. The van der Waals surface area contributed by atoms with Crippen molar-refractivity contribution >= 4 is 5.97 Å². The Hall–Kier alpha value is -1.19. The van der Waals surface area contributed by atoms with Crippen molar-refractivity contribution in [2.75, 3.05) is 26.9 Å². The van der Waals surface area contributed by atoms with Crippen molar-refractivity contribution in [3.63, 3.8) is 0 Å². The van der Waals surface area contributed by atoms with Gasteiger partial charge in [-0.05, 0) is 104 Å². The second kappa shape index (κ2) is 13.7. The van der Waals surface area contributed by atoms with E-state index in [1.54, 1.807) is 7.11 Å². The van der Waals surface area contributed by atoms with Crippen LogP contribution in [-0.2, 0) is 28.5 Å². The zero-order chi connectivity index (χ0) is 38.5. The lowest BCUT2D eigenvalue weighted by Crippen LogP contribution is -2.66. The van der Waals surface area contributed by atoms with Crippen molar-refractivity contribution in [1.82, 2.24) is 0 Å². The van der Waals surface area contributed by atoms with E-state index in [1.807, 2.05) is 0 Å². The average Bonchev–Trinajstić information content (AvgIpc) is 3.12. The monoisotopic (exact) mass is 750 g/mol. The number of fused-ring (bicyclic) bond motifs is 7. The lowest BCUT2D eigenvalue weighted by Gasteiger charge is -2.71. The summed E-state index contributed by atoms with van der Waals surface area (Å²) >= 11 is 0. The summed E-state index contributed by atoms with van der Waals surface area (Å²) in [6, 6.07) is 0. The number of hydrogen-bond acceptors (Lipinski definition) is 12. The summed E-state index contributed by atoms with van der Waals surface area (Å²) in [7, 11) is 1.54. The Labute approximate surface area is 314 Å². The van der Waals surface area contributed by atoms with Gasteiger partial charge in [-0.2, -0.15) is 0 Å². The molecule has 0 spiro atoms. The smallest absolute Gasteiger partial charge is 0.312 e. The fraction of sp³-hybridized carbons (Fsp3) is 0.927. The Morgan fingerprint density at radius 3 is 2.15 bits per heavy atom. The third-order valence-electron chi connectivity index (χ3n) is 16.8. The minimum Gasteiger partial charge on any atom is -0.469 e. The molecule has 17 atom stereocenters. The van der Waals surface area contributed by atoms with Crippen LogP contribution in [0.25, 0.3) is 0 Å². The van der Waals surface area contributed by atoms with E-state index in [9.17, 15) is 35.4 Å². The standard InChI is InChI=1S/C41H66O12/c1-36(2)14-16-41(35(48)49-7)17-15-39(5)22(23(41)18-36)8-9-27-37(3)12-11-28(38(4,21-42)26(37)10-13-40(27,39)6)53-34-32(47)30(45)25(20-51-34)52-33-31(46)29(44)24(43)19-50-33/h8,23-34,42-47H,9-21H2,1-7H3/t23-,24+,25-,26+,27+,28-,29-,30-,31+,32+,33-,34-,37-,38-,39+,40+,41-/m0/s1. The van der Waals surface area contributed by atoms with Crippen molar-refractivity contribution in [2.45, 2.75) is 161 Å². The van der Waals surface area contributed by atoms with Crippen LogP contribution in [0.2, 0.25) is 0 Å². The van der Waals surface area contributed by atoms with Crippen LogP contribution in [-0.4, -0.2) is 119 Å². The van der Waals surface area contributed by atoms with Crippen LogP contribution in [0.4, 0.5) is 0 Å². The Bertz CT molecular complexity index is 1420. The highest BCUT2D eigenvalue weighted by Gasteiger charge is 2.70. The summed E-state index contributed by atoms with van der Waals surface area (Å²) in [5.74, 6) is 0.635. The zero-order valence-corrected chi connectivity index (χ0v) is 32.8. The van der Waals surface area contributed by atoms with Gasteiger partial charge in [0.05, 0.1) is 38.4 Å². The van der Waals surface area contributed by atoms with Gasteiger partial charge in [0.1, 0.15) is 36.6 Å². The van der Waals surface area contributed by atoms with E-state index in [1.165, 1.54) is 5.57 Å². The summed E-state index contributed by atoms with van der Waals surface area (Å²) in [4.78, 5) is 13.6. The van der Waals surface area contributed by atoms with E-state index < -0.39 is 66.1 Å². The van der Waals surface area contributed by atoms with Gasteiger partial charge < -0.3 is 54.3 Å². The maximum absolute atomic E-state index is 13.6. The van der Waals surface area contributed by atoms with Crippen LogP contribution in [0.5, 0.6) is 0 Å². The van der Waals surface area contributed by atoms with E-state index in [0.29, 0.717) is 12.3 Å². The van der Waals surface area contributed by atoms with Gasteiger partial charge >= 0.3 is 5.97 Å². The number of rotatable bonds is 6. The summed E-state index contributed by atoms with van der Waals surface area (Å²) in [5, 5.41) is 63.6. The van der Waals surface area contributed by atoms with Gasteiger partial charge in [0.15, 0.2) is 12.6 Å². The summed E-state index contributed by atoms with van der Waals surface area (Å²) in [6.45, 7) is 13.7. The van der Waals surface area contributed by atoms with E-state index in [0.717, 1.165) is 57.8 Å². The average molecular weight is 751 g/mol. The Morgan fingerprint density at radius 1 is 0.792 bits per heavy atom. The first-order valence-electron chi connectivity index (χ1n) is 20.2. The molecule has 0 aromatic heterocycles. The molecule has 12 heteroatoms. The third-order valence-corrected chi connectivity index (χ3v) is 16.8. The number of methoxy groups -OCH3 is 1. The van der Waals surface area contributed by atoms with Gasteiger partial charge in [-0.15, -0.1) is 0 Å². The van der Waals surface area contributed by atoms with E-state index in [4.69, 9.17) is 23.7 Å². The Balaban J connectivity index is 1.09. The predicted molar refractivity (Wildman–Crippen MR) is 192 cm³/mol. The lowest BCUT2D eigenvalue weighted by atomic mass is 9.33. The highest BCUT2D eigenvalue weighted by Crippen LogP contribution is 2.76. The number of hydrogen-bond donors (Lipinski definition) is 6. The molecule has 7 rings (SSSR count). The highest BCUT2D eigenvalue weighted by molar-refractivity contribution is 5.78. The third kappa shape index (κ3) is 5.94. The van der Waals surface area contributed by atoms with Gasteiger partial charge in [-0.3, -0.25) is 4.79 Å². The quantitative estimate of drug-likeness (QED) is 0.133. The maximum Gasteiger partial charge on any atom is 0.312 e. The number of aliphatic hydroxyl groups excluding tert-OH is 6. The van der Waals surface area contributed by atoms with Gasteiger partial charge in [-0.1, -0.05) is 53.2 Å². The molecule has 53 heavy (non-hydrogen) atoms. The number of allylic oxidation sites excluding steroid dienone is 2. The molecule has 0 aromatic carbocycles. The van der Waals surface area contributed by atoms with Gasteiger partial charge in [0, 0.05) is 5.41 Å². The number of carbonyl (C=O) groups excluding carboxylic acids is 1. The molecule has 2 heterocycles. The van der Waals surface area contributed by atoms with Crippen molar-refractivity contribution in [3.05, 3.63) is 11.6 Å². The van der Waals surface area contributed by atoms with E-state index in [2.05, 4.69) is 47.6 Å². The molecule has 4 saturated carbocycles. The number of esters is 1. The van der Waals surface area contributed by atoms with Crippen LogP contribution in [0.15, 0.2) is 11.6 Å². The summed E-state index contributed by atoms with van der Waals surface area (Å²) in [5.41, 5.74) is 0.388. The molecule has 2 aliphatic heterocycles. The van der Waals surface area contributed by atoms with Gasteiger partial charge in [-0.25, -0.2) is 0 Å². The SMILES string of the molecule is COC(=O)[C@]12CCC(C)(C)C[C@H]1C1=CC[C@@H]3[C@@]4(C)CC[C@H](O[C@@H]5OC[C@H](O[C@@H]6OC[C@@H](O)[C@H](O)[C@H]6O)[C@H](O)[C@H]5O)[C@@](C)(CO)[C@@H]4CC[C@@]3(C)[C@]1(C)CC2. The van der Waals surface area contributed by atoms with Crippen molar-refractivity contribution < 1.29 is 59.1 Å². The van der Waals surface area contributed by atoms with Gasteiger partial charge in [0.2, 0.25) is 0 Å². The van der Waals surface area contributed by atoms with E-state index >= 15 is 0 Å². The minimum absolute atomic E-state index is 0.00180. The van der Waals surface area contributed by atoms with Crippen molar-refractivity contribution in [3.8, 4) is 0 Å². The number of ether oxygens (including phenoxy) is 5. The zero-order valence-electron chi connectivity index (χ0n) is 32.8. The lowest BCUT2D eigenvalue weighted by molar-refractivity contribution is -0.342. The fourth-order valence-corrected chi connectivity index (χ4v) is 13.3. The molecule has 0 radical (unpaired) electrons. The second-order valence-electron chi connectivity index (χ2n) is 19.8. The summed E-state index contributed by atoms with van der Waals surface area (Å²) < 4.78 is 29.0. The van der Waals surface area contributed by atoms with Crippen molar-refractivity contribution in [1.29, 1.82) is 0 Å². The van der Waals surface area contributed by atoms with Crippen LogP contribution in [0.1, 0.15) is 106 Å². The fourth-order valence-electron chi connectivity index (χ4n) is 13.3. The molecule has 2 saturated heterocycles. The summed E-state index contributed by atoms with van der Waals surface area (Å²) in [6.07, 6.45) is 0.376. The predicted octanol–water partition coefficient (Wildman–Crippen LogP) is 3.22. The first kappa shape index (κ1) is 40.0. The second-order valence-corrected chi connectivity index (χ2v) is 19.8. The largest absolute Gasteiger partial charge is 0.469 e.